The molecule has 0 atom stereocenters. The molecule has 0 unspecified atom stereocenters. The molecule has 1 heterocycles. The molecular weight excluding hydrogens is 339 g/mol. The number of methoxy groups -OCH3 is 1. The Labute approximate surface area is 131 Å². The Kier molecular flexibility index (Phi) is 4.40. The lowest BCUT2D eigenvalue weighted by Gasteiger charge is -2.12. The van der Waals surface area contributed by atoms with Crippen LogP contribution in [0.4, 0.5) is 11.4 Å². The molecule has 21 heavy (non-hydrogen) atoms. The van der Waals surface area contributed by atoms with Crippen LogP contribution in [0, 0.1) is 0 Å². The summed E-state index contributed by atoms with van der Waals surface area (Å²) in [4.78, 5) is 7.18. The first kappa shape index (κ1) is 15.6. The van der Waals surface area contributed by atoms with Crippen molar-refractivity contribution in [3.8, 4) is 5.75 Å². The van der Waals surface area contributed by atoms with Gasteiger partial charge in [-0.25, -0.2) is 18.4 Å². The molecule has 0 amide bonds. The maximum atomic E-state index is 12.3. The number of benzene rings is 1. The van der Waals surface area contributed by atoms with Crippen LogP contribution in [-0.2, 0) is 10.0 Å². The zero-order valence-electron chi connectivity index (χ0n) is 10.7. The van der Waals surface area contributed by atoms with Gasteiger partial charge in [0.2, 0.25) is 0 Å². The number of nitrogens with one attached hydrogen (secondary N) is 1. The number of nitrogens with two attached hydrogens (primary N) is 1. The van der Waals surface area contributed by atoms with E-state index in [4.69, 9.17) is 33.7 Å². The Morgan fingerprint density at radius 2 is 1.86 bits per heavy atom. The number of rotatable bonds is 4. The predicted octanol–water partition coefficient (Wildman–Crippen LogP) is 2.17. The number of hydrogen-bond acceptors (Lipinski definition) is 6. The number of nitrogen functional groups attached to an aromatic ring is 1. The SMILES string of the molecule is COc1ccc(S(=O)(=O)Nc2c(Cl)ncnc2Cl)c(N)c1. The largest absolute Gasteiger partial charge is 0.497 e. The molecule has 0 spiro atoms. The first-order valence-corrected chi connectivity index (χ1v) is 7.71. The molecule has 112 valence electrons. The van der Waals surface area contributed by atoms with E-state index in [2.05, 4.69) is 14.7 Å². The summed E-state index contributed by atoms with van der Waals surface area (Å²) < 4.78 is 31.8. The van der Waals surface area contributed by atoms with Gasteiger partial charge in [-0.1, -0.05) is 23.2 Å². The first-order chi connectivity index (χ1) is 9.85. The van der Waals surface area contributed by atoms with Crippen LogP contribution in [0.5, 0.6) is 5.75 Å². The summed E-state index contributed by atoms with van der Waals surface area (Å²) in [5.74, 6) is 0.436. The molecule has 1 aromatic carbocycles. The Bertz CT molecular complexity index is 763. The second-order valence-corrected chi connectivity index (χ2v) is 6.21. The summed E-state index contributed by atoms with van der Waals surface area (Å²) in [6.07, 6.45) is 1.12. The molecule has 10 heteroatoms. The van der Waals surface area contributed by atoms with Crippen molar-refractivity contribution in [1.29, 1.82) is 0 Å². The summed E-state index contributed by atoms with van der Waals surface area (Å²) in [6.45, 7) is 0. The number of halogens is 2. The lowest BCUT2D eigenvalue weighted by Crippen LogP contribution is -2.16. The van der Waals surface area contributed by atoms with E-state index in [-0.39, 0.29) is 26.6 Å². The van der Waals surface area contributed by atoms with Gasteiger partial charge < -0.3 is 10.5 Å². The summed E-state index contributed by atoms with van der Waals surface area (Å²) >= 11 is 11.6. The Balaban J connectivity index is 2.44. The summed E-state index contributed by atoms with van der Waals surface area (Å²) in [6, 6.07) is 4.16. The second kappa shape index (κ2) is 5.92. The molecule has 0 aliphatic rings. The molecule has 0 saturated heterocycles. The third-order valence-electron chi connectivity index (χ3n) is 2.50. The third-order valence-corrected chi connectivity index (χ3v) is 4.49. The van der Waals surface area contributed by atoms with Crippen LogP contribution in [0.25, 0.3) is 0 Å². The van der Waals surface area contributed by atoms with Gasteiger partial charge in [-0.2, -0.15) is 0 Å². The number of hydrogen-bond donors (Lipinski definition) is 2. The van der Waals surface area contributed by atoms with E-state index in [0.29, 0.717) is 5.75 Å². The maximum Gasteiger partial charge on any atom is 0.264 e. The van der Waals surface area contributed by atoms with Gasteiger partial charge in [0.1, 0.15) is 22.7 Å². The van der Waals surface area contributed by atoms with E-state index < -0.39 is 10.0 Å². The molecule has 0 fully saturated rings. The fourth-order valence-electron chi connectivity index (χ4n) is 1.52. The highest BCUT2D eigenvalue weighted by atomic mass is 35.5. The van der Waals surface area contributed by atoms with E-state index >= 15 is 0 Å². The lowest BCUT2D eigenvalue weighted by atomic mass is 10.3. The minimum atomic E-state index is -3.99. The molecule has 2 rings (SSSR count). The normalized spacial score (nSPS) is 11.2. The van der Waals surface area contributed by atoms with Crippen molar-refractivity contribution in [2.75, 3.05) is 17.6 Å². The van der Waals surface area contributed by atoms with Crippen LogP contribution in [0.15, 0.2) is 29.4 Å². The number of ether oxygens (including phenoxy) is 1. The monoisotopic (exact) mass is 348 g/mol. The summed E-state index contributed by atoms with van der Waals surface area (Å²) in [5.41, 5.74) is 5.62. The van der Waals surface area contributed by atoms with Crippen molar-refractivity contribution in [3.63, 3.8) is 0 Å². The molecule has 7 nitrogen and oxygen atoms in total. The van der Waals surface area contributed by atoms with Crippen LogP contribution in [0.2, 0.25) is 10.3 Å². The maximum absolute atomic E-state index is 12.3. The standard InChI is InChI=1S/C11H10Cl2N4O3S/c1-20-6-2-3-8(7(14)4-6)21(18,19)17-9-10(12)15-5-16-11(9)13/h2-5,17H,14H2,1H3. The number of nitrogens with zero attached hydrogens (tertiary/aromatic N) is 2. The minimum absolute atomic E-state index is 0.0194. The molecule has 0 aliphatic carbocycles. The quantitative estimate of drug-likeness (QED) is 0.647. The first-order valence-electron chi connectivity index (χ1n) is 5.47. The number of anilines is 2. The van der Waals surface area contributed by atoms with Gasteiger partial charge in [0.05, 0.1) is 12.8 Å². The van der Waals surface area contributed by atoms with Crippen LogP contribution in [0.1, 0.15) is 0 Å². The molecule has 0 bridgehead atoms. The average Bonchev–Trinajstić information content (AvgIpc) is 2.42. The van der Waals surface area contributed by atoms with Crippen LogP contribution < -0.4 is 15.2 Å². The Hall–Kier alpha value is -1.77. The summed E-state index contributed by atoms with van der Waals surface area (Å²) in [7, 11) is -2.55. The highest BCUT2D eigenvalue weighted by Gasteiger charge is 2.21. The Morgan fingerprint density at radius 3 is 2.38 bits per heavy atom. The molecule has 0 saturated carbocycles. The number of sulfonamides is 1. The van der Waals surface area contributed by atoms with Crippen molar-refractivity contribution in [1.82, 2.24) is 9.97 Å². The van der Waals surface area contributed by atoms with Gasteiger partial charge in [-0.15, -0.1) is 0 Å². The van der Waals surface area contributed by atoms with E-state index in [9.17, 15) is 8.42 Å². The van der Waals surface area contributed by atoms with Gasteiger partial charge >= 0.3 is 0 Å². The summed E-state index contributed by atoms with van der Waals surface area (Å²) in [5, 5.41) is -0.240. The third kappa shape index (κ3) is 3.29. The van der Waals surface area contributed by atoms with Gasteiger partial charge in [0.25, 0.3) is 10.0 Å². The van der Waals surface area contributed by atoms with Crippen molar-refractivity contribution >= 4 is 44.6 Å². The van der Waals surface area contributed by atoms with Crippen LogP contribution in [0.3, 0.4) is 0 Å². The van der Waals surface area contributed by atoms with Crippen molar-refractivity contribution < 1.29 is 13.2 Å². The van der Waals surface area contributed by atoms with E-state index in [1.165, 1.54) is 25.3 Å². The van der Waals surface area contributed by atoms with Gasteiger partial charge in [0, 0.05) is 6.07 Å². The minimum Gasteiger partial charge on any atom is -0.497 e. The predicted molar refractivity (Wildman–Crippen MR) is 80.3 cm³/mol. The fourth-order valence-corrected chi connectivity index (χ4v) is 3.23. The molecule has 1 aromatic heterocycles. The van der Waals surface area contributed by atoms with Crippen molar-refractivity contribution in [3.05, 3.63) is 34.8 Å². The molecule has 3 N–H and O–H groups in total. The lowest BCUT2D eigenvalue weighted by molar-refractivity contribution is 0.414. The van der Waals surface area contributed by atoms with Gasteiger partial charge in [0.15, 0.2) is 10.3 Å². The van der Waals surface area contributed by atoms with Crippen LogP contribution >= 0.6 is 23.2 Å². The number of aromatic nitrogens is 2. The fraction of sp³-hybridized carbons (Fsp3) is 0.0909. The van der Waals surface area contributed by atoms with Gasteiger partial charge in [-0.05, 0) is 12.1 Å². The second-order valence-electron chi connectivity index (χ2n) is 3.84. The van der Waals surface area contributed by atoms with Crippen molar-refractivity contribution in [2.45, 2.75) is 4.90 Å². The Morgan fingerprint density at radius 1 is 1.24 bits per heavy atom. The van der Waals surface area contributed by atoms with Gasteiger partial charge in [-0.3, -0.25) is 4.72 Å². The van der Waals surface area contributed by atoms with E-state index in [1.807, 2.05) is 0 Å². The highest BCUT2D eigenvalue weighted by Crippen LogP contribution is 2.30. The molecule has 0 aliphatic heterocycles. The van der Waals surface area contributed by atoms with Crippen molar-refractivity contribution in [2.24, 2.45) is 0 Å². The molecular formula is C11H10Cl2N4O3S. The highest BCUT2D eigenvalue weighted by molar-refractivity contribution is 7.93. The zero-order chi connectivity index (χ0) is 15.6. The van der Waals surface area contributed by atoms with E-state index in [1.54, 1.807) is 0 Å². The molecule has 2 aromatic rings. The smallest absolute Gasteiger partial charge is 0.264 e. The van der Waals surface area contributed by atoms with Crippen LogP contribution in [-0.4, -0.2) is 25.5 Å². The average molecular weight is 349 g/mol. The zero-order valence-corrected chi connectivity index (χ0v) is 13.0. The topological polar surface area (TPSA) is 107 Å². The molecule has 0 radical (unpaired) electrons. The van der Waals surface area contributed by atoms with E-state index in [0.717, 1.165) is 6.33 Å².